The second-order valence-corrected chi connectivity index (χ2v) is 3.14. The largest absolute Gasteiger partial charge is 0.394 e. The molecular formula is C8H16O6. The van der Waals surface area contributed by atoms with Gasteiger partial charge in [0.25, 0.3) is 0 Å². The van der Waals surface area contributed by atoms with E-state index in [1.807, 2.05) is 0 Å². The molecule has 0 aliphatic carbocycles. The van der Waals surface area contributed by atoms with Gasteiger partial charge in [0.05, 0.1) is 6.61 Å². The second-order valence-electron chi connectivity index (χ2n) is 3.14. The Balaban J connectivity index is 2.71. The van der Waals surface area contributed by atoms with Gasteiger partial charge in [0, 0.05) is 14.2 Å². The molecular weight excluding hydrogens is 192 g/mol. The lowest BCUT2D eigenvalue weighted by Gasteiger charge is -2.40. The molecule has 0 saturated carbocycles. The maximum Gasteiger partial charge on any atom is 0.186 e. The van der Waals surface area contributed by atoms with Gasteiger partial charge in [-0.2, -0.15) is 0 Å². The van der Waals surface area contributed by atoms with Crippen molar-refractivity contribution in [1.29, 1.82) is 0 Å². The summed E-state index contributed by atoms with van der Waals surface area (Å²) >= 11 is 0. The van der Waals surface area contributed by atoms with Gasteiger partial charge in [0.1, 0.15) is 24.4 Å². The highest BCUT2D eigenvalue weighted by atomic mass is 16.7. The molecule has 6 nitrogen and oxygen atoms in total. The summed E-state index contributed by atoms with van der Waals surface area (Å²) in [7, 11) is 2.72. The summed E-state index contributed by atoms with van der Waals surface area (Å²) in [4.78, 5) is 0. The third kappa shape index (κ3) is 2.05. The standard InChI is InChI=1S/C8H16O6/c1-12-7-4(3-9)14-8(13-2)6(11)5(7)10/h4-11H,3H2,1-2H3/t4?,5?,6?,7-,8-/m1/s1. The van der Waals surface area contributed by atoms with E-state index in [1.54, 1.807) is 0 Å². The van der Waals surface area contributed by atoms with Crippen molar-refractivity contribution in [2.24, 2.45) is 0 Å². The summed E-state index contributed by atoms with van der Waals surface area (Å²) < 4.78 is 14.9. The highest BCUT2D eigenvalue weighted by molar-refractivity contribution is 4.89. The first-order valence-electron chi connectivity index (χ1n) is 4.33. The molecule has 6 heteroatoms. The second kappa shape index (κ2) is 5.01. The number of hydrogen-bond acceptors (Lipinski definition) is 6. The quantitative estimate of drug-likeness (QED) is 0.501. The molecule has 1 aliphatic heterocycles. The van der Waals surface area contributed by atoms with Crippen molar-refractivity contribution in [2.75, 3.05) is 20.8 Å². The SMILES string of the molecule is CO[C@@H]1OC(CO)[C@@H](OC)C(O)C1O. The van der Waals surface area contributed by atoms with Crippen LogP contribution in [0.3, 0.4) is 0 Å². The maximum atomic E-state index is 9.59. The van der Waals surface area contributed by atoms with E-state index in [-0.39, 0.29) is 6.61 Å². The van der Waals surface area contributed by atoms with Crippen molar-refractivity contribution in [3.05, 3.63) is 0 Å². The van der Waals surface area contributed by atoms with Gasteiger partial charge < -0.3 is 29.5 Å². The van der Waals surface area contributed by atoms with E-state index in [0.29, 0.717) is 0 Å². The van der Waals surface area contributed by atoms with Crippen molar-refractivity contribution >= 4 is 0 Å². The van der Waals surface area contributed by atoms with Crippen LogP contribution in [0.2, 0.25) is 0 Å². The molecule has 0 aromatic carbocycles. The van der Waals surface area contributed by atoms with Gasteiger partial charge in [-0.1, -0.05) is 0 Å². The number of aliphatic hydroxyl groups is 3. The Morgan fingerprint density at radius 3 is 2.21 bits per heavy atom. The highest BCUT2D eigenvalue weighted by Crippen LogP contribution is 2.23. The molecule has 0 radical (unpaired) electrons. The molecule has 1 aliphatic rings. The van der Waals surface area contributed by atoms with Crippen LogP contribution in [-0.4, -0.2) is 66.9 Å². The zero-order valence-electron chi connectivity index (χ0n) is 8.16. The summed E-state index contributed by atoms with van der Waals surface area (Å²) in [6.45, 7) is -0.303. The van der Waals surface area contributed by atoms with Crippen molar-refractivity contribution in [3.63, 3.8) is 0 Å². The first-order chi connectivity index (χ1) is 6.65. The molecule has 1 fully saturated rings. The topological polar surface area (TPSA) is 88.4 Å². The van der Waals surface area contributed by atoms with E-state index < -0.39 is 30.7 Å². The van der Waals surface area contributed by atoms with Crippen LogP contribution in [0.5, 0.6) is 0 Å². The molecule has 1 saturated heterocycles. The number of rotatable bonds is 3. The van der Waals surface area contributed by atoms with Crippen LogP contribution >= 0.6 is 0 Å². The predicted octanol–water partition coefficient (Wildman–Crippen LogP) is -1.91. The summed E-state index contributed by atoms with van der Waals surface area (Å²) in [5, 5.41) is 28.0. The van der Waals surface area contributed by atoms with E-state index in [4.69, 9.17) is 19.3 Å². The van der Waals surface area contributed by atoms with Gasteiger partial charge >= 0.3 is 0 Å². The summed E-state index contributed by atoms with van der Waals surface area (Å²) in [6.07, 6.45) is -4.68. The average Bonchev–Trinajstić information content (AvgIpc) is 2.21. The van der Waals surface area contributed by atoms with E-state index in [0.717, 1.165) is 0 Å². The van der Waals surface area contributed by atoms with Crippen molar-refractivity contribution < 1.29 is 29.5 Å². The van der Waals surface area contributed by atoms with E-state index in [9.17, 15) is 10.2 Å². The molecule has 0 spiro atoms. The van der Waals surface area contributed by atoms with Crippen LogP contribution in [0, 0.1) is 0 Å². The number of aliphatic hydroxyl groups excluding tert-OH is 3. The highest BCUT2D eigenvalue weighted by Gasteiger charge is 2.44. The van der Waals surface area contributed by atoms with Gasteiger partial charge in [-0.05, 0) is 0 Å². The Morgan fingerprint density at radius 2 is 1.79 bits per heavy atom. The third-order valence-corrected chi connectivity index (χ3v) is 2.33. The van der Waals surface area contributed by atoms with Crippen molar-refractivity contribution in [3.8, 4) is 0 Å². The Bertz CT molecular complexity index is 173. The smallest absolute Gasteiger partial charge is 0.186 e. The Labute approximate surface area is 82.0 Å². The maximum absolute atomic E-state index is 9.59. The third-order valence-electron chi connectivity index (χ3n) is 2.33. The minimum atomic E-state index is -1.17. The van der Waals surface area contributed by atoms with Crippen molar-refractivity contribution in [1.82, 2.24) is 0 Å². The fraction of sp³-hybridized carbons (Fsp3) is 1.00. The molecule has 3 N–H and O–H groups in total. The minimum Gasteiger partial charge on any atom is -0.394 e. The van der Waals surface area contributed by atoms with Crippen LogP contribution in [0.4, 0.5) is 0 Å². The van der Waals surface area contributed by atoms with Crippen LogP contribution in [0.15, 0.2) is 0 Å². The van der Waals surface area contributed by atoms with Gasteiger partial charge in [0.2, 0.25) is 0 Å². The van der Waals surface area contributed by atoms with Crippen LogP contribution < -0.4 is 0 Å². The lowest BCUT2D eigenvalue weighted by Crippen LogP contribution is -2.59. The van der Waals surface area contributed by atoms with E-state index in [1.165, 1.54) is 14.2 Å². The van der Waals surface area contributed by atoms with Crippen LogP contribution in [-0.2, 0) is 14.2 Å². The minimum absolute atomic E-state index is 0.303. The first kappa shape index (κ1) is 11.8. The zero-order chi connectivity index (χ0) is 10.7. The number of methoxy groups -OCH3 is 2. The summed E-state index contributed by atoms with van der Waals surface area (Å²) in [5.41, 5.74) is 0. The zero-order valence-corrected chi connectivity index (χ0v) is 8.16. The average molecular weight is 208 g/mol. The van der Waals surface area contributed by atoms with Crippen molar-refractivity contribution in [2.45, 2.75) is 30.7 Å². The van der Waals surface area contributed by atoms with Gasteiger partial charge in [-0.25, -0.2) is 0 Å². The molecule has 0 bridgehead atoms. The molecule has 0 aromatic rings. The normalized spacial score (nSPS) is 43.9. The van der Waals surface area contributed by atoms with Gasteiger partial charge in [-0.15, -0.1) is 0 Å². The summed E-state index contributed by atoms with van der Waals surface area (Å²) in [6, 6.07) is 0. The molecule has 84 valence electrons. The Kier molecular flexibility index (Phi) is 4.24. The monoisotopic (exact) mass is 208 g/mol. The van der Waals surface area contributed by atoms with Crippen LogP contribution in [0.25, 0.3) is 0 Å². The van der Waals surface area contributed by atoms with Gasteiger partial charge in [-0.3, -0.25) is 0 Å². The molecule has 0 aromatic heterocycles. The fourth-order valence-corrected chi connectivity index (χ4v) is 1.54. The van der Waals surface area contributed by atoms with E-state index in [2.05, 4.69) is 0 Å². The number of hydrogen-bond donors (Lipinski definition) is 3. The molecule has 5 atom stereocenters. The Morgan fingerprint density at radius 1 is 1.14 bits per heavy atom. The number of ether oxygens (including phenoxy) is 3. The molecule has 3 unspecified atom stereocenters. The first-order valence-corrected chi connectivity index (χ1v) is 4.33. The molecule has 14 heavy (non-hydrogen) atoms. The van der Waals surface area contributed by atoms with Gasteiger partial charge in [0.15, 0.2) is 6.29 Å². The molecule has 1 heterocycles. The fourth-order valence-electron chi connectivity index (χ4n) is 1.54. The lowest BCUT2D eigenvalue weighted by atomic mass is 9.99. The lowest BCUT2D eigenvalue weighted by molar-refractivity contribution is -0.298. The van der Waals surface area contributed by atoms with E-state index >= 15 is 0 Å². The van der Waals surface area contributed by atoms with Crippen LogP contribution in [0.1, 0.15) is 0 Å². The Hall–Kier alpha value is -0.240. The molecule has 0 amide bonds. The summed E-state index contributed by atoms with van der Waals surface area (Å²) in [5.74, 6) is 0. The predicted molar refractivity (Wildman–Crippen MR) is 45.6 cm³/mol. The molecule has 1 rings (SSSR count).